The van der Waals surface area contributed by atoms with E-state index in [0.29, 0.717) is 0 Å². The van der Waals surface area contributed by atoms with E-state index in [2.05, 4.69) is 20.3 Å². The maximum atomic E-state index is 2.47. The molecule has 0 heterocycles. The molecule has 0 aromatic carbocycles. The van der Waals surface area contributed by atoms with Crippen LogP contribution in [0.25, 0.3) is 0 Å². The molecular weight excluding hydrogens is 168 g/mol. The maximum absolute atomic E-state index is 2.47. The third kappa shape index (κ3) is 1.12. The van der Waals surface area contributed by atoms with Crippen molar-refractivity contribution in [3.63, 3.8) is 0 Å². The molecule has 3 saturated carbocycles. The first-order valence-corrected chi connectivity index (χ1v) is 6.63. The minimum atomic E-state index is 0.978. The van der Waals surface area contributed by atoms with Crippen LogP contribution in [0.5, 0.6) is 0 Å². The molecule has 3 aliphatic carbocycles. The Kier molecular flexibility index (Phi) is 2.15. The molecule has 0 saturated heterocycles. The van der Waals surface area contributed by atoms with Crippen molar-refractivity contribution in [2.24, 2.45) is 35.5 Å². The number of rotatable bonds is 2. The summed E-state index contributed by atoms with van der Waals surface area (Å²) in [5.41, 5.74) is 0. The minimum Gasteiger partial charge on any atom is -0.0651 e. The van der Waals surface area contributed by atoms with Crippen molar-refractivity contribution >= 4 is 0 Å². The second kappa shape index (κ2) is 3.25. The van der Waals surface area contributed by atoms with E-state index in [0.717, 1.165) is 35.5 Å². The Hall–Kier alpha value is 0. The van der Waals surface area contributed by atoms with Crippen molar-refractivity contribution in [1.82, 2.24) is 0 Å². The summed E-state index contributed by atoms with van der Waals surface area (Å²) in [6.07, 6.45) is 10.2. The van der Waals surface area contributed by atoms with E-state index in [1.165, 1.54) is 6.42 Å². The van der Waals surface area contributed by atoms with Gasteiger partial charge in [0.15, 0.2) is 0 Å². The van der Waals surface area contributed by atoms with Gasteiger partial charge in [0.25, 0.3) is 0 Å². The van der Waals surface area contributed by atoms with Crippen LogP contribution in [-0.4, -0.2) is 0 Å². The molecule has 0 heteroatoms. The fourth-order valence-electron chi connectivity index (χ4n) is 5.00. The van der Waals surface area contributed by atoms with Gasteiger partial charge in [-0.15, -0.1) is 0 Å². The molecule has 0 spiro atoms. The van der Waals surface area contributed by atoms with E-state index in [9.17, 15) is 0 Å². The normalized spacial score (nSPS) is 55.3. The standard InChI is InChI=1S/C14H23/c1-3-9-5-12-11-7-10(4-2)13(8-11)14(12)6-9/h3,9-14H,4-8H2,1-2H3. The van der Waals surface area contributed by atoms with Gasteiger partial charge in [-0.2, -0.15) is 0 Å². The predicted molar refractivity (Wildman–Crippen MR) is 59.7 cm³/mol. The number of hydrogen-bond acceptors (Lipinski definition) is 0. The fourth-order valence-corrected chi connectivity index (χ4v) is 5.00. The van der Waals surface area contributed by atoms with Gasteiger partial charge in [0, 0.05) is 0 Å². The molecule has 3 fully saturated rings. The Labute approximate surface area is 88.5 Å². The summed E-state index contributed by atoms with van der Waals surface area (Å²) < 4.78 is 0. The average Bonchev–Trinajstić information content (AvgIpc) is 2.87. The van der Waals surface area contributed by atoms with E-state index in [4.69, 9.17) is 0 Å². The maximum Gasteiger partial charge on any atom is -0.0349 e. The van der Waals surface area contributed by atoms with Crippen LogP contribution in [0.2, 0.25) is 0 Å². The Morgan fingerprint density at radius 2 is 1.79 bits per heavy atom. The van der Waals surface area contributed by atoms with E-state index in [1.807, 2.05) is 0 Å². The first-order chi connectivity index (χ1) is 6.83. The van der Waals surface area contributed by atoms with Gasteiger partial charge in [0.1, 0.15) is 0 Å². The summed E-state index contributed by atoms with van der Waals surface area (Å²) in [6.45, 7) is 4.67. The summed E-state index contributed by atoms with van der Waals surface area (Å²) >= 11 is 0. The molecule has 0 aliphatic heterocycles. The van der Waals surface area contributed by atoms with Crippen molar-refractivity contribution in [2.45, 2.75) is 46.0 Å². The molecule has 3 rings (SSSR count). The van der Waals surface area contributed by atoms with Gasteiger partial charge >= 0.3 is 0 Å². The Balaban J connectivity index is 1.75. The largest absolute Gasteiger partial charge is 0.0651 e. The van der Waals surface area contributed by atoms with Gasteiger partial charge in [0.05, 0.1) is 0 Å². The molecule has 2 bridgehead atoms. The van der Waals surface area contributed by atoms with Crippen LogP contribution in [0, 0.1) is 41.9 Å². The highest BCUT2D eigenvalue weighted by Crippen LogP contribution is 2.62. The smallest absolute Gasteiger partial charge is 0.0349 e. The molecule has 6 unspecified atom stereocenters. The molecule has 1 radical (unpaired) electrons. The second-order valence-electron chi connectivity index (χ2n) is 5.96. The summed E-state index contributed by atoms with van der Waals surface area (Å²) in [7, 11) is 0. The highest BCUT2D eigenvalue weighted by Gasteiger charge is 2.54. The molecule has 0 aromatic rings. The molecule has 79 valence electrons. The van der Waals surface area contributed by atoms with Gasteiger partial charge in [-0.1, -0.05) is 20.3 Å². The molecule has 6 atom stereocenters. The average molecular weight is 191 g/mol. The van der Waals surface area contributed by atoms with E-state index in [-0.39, 0.29) is 0 Å². The van der Waals surface area contributed by atoms with Gasteiger partial charge in [-0.05, 0) is 67.6 Å². The number of hydrogen-bond donors (Lipinski definition) is 0. The van der Waals surface area contributed by atoms with Crippen LogP contribution >= 0.6 is 0 Å². The van der Waals surface area contributed by atoms with Crippen LogP contribution in [0.3, 0.4) is 0 Å². The van der Waals surface area contributed by atoms with Crippen LogP contribution in [0.4, 0.5) is 0 Å². The molecule has 0 nitrogen and oxygen atoms in total. The van der Waals surface area contributed by atoms with E-state index < -0.39 is 0 Å². The lowest BCUT2D eigenvalue weighted by atomic mass is 9.75. The summed E-state index contributed by atoms with van der Waals surface area (Å²) in [5.74, 6) is 6.64. The van der Waals surface area contributed by atoms with Gasteiger partial charge in [-0.3, -0.25) is 0 Å². The zero-order chi connectivity index (χ0) is 9.71. The van der Waals surface area contributed by atoms with E-state index in [1.54, 1.807) is 25.7 Å². The first-order valence-electron chi connectivity index (χ1n) is 6.63. The van der Waals surface area contributed by atoms with Crippen LogP contribution in [0.15, 0.2) is 0 Å². The van der Waals surface area contributed by atoms with E-state index >= 15 is 0 Å². The third-order valence-electron chi connectivity index (χ3n) is 5.64. The van der Waals surface area contributed by atoms with Crippen molar-refractivity contribution in [3.05, 3.63) is 6.42 Å². The molecule has 14 heavy (non-hydrogen) atoms. The lowest BCUT2D eigenvalue weighted by Gasteiger charge is -2.30. The summed E-state index contributed by atoms with van der Waals surface area (Å²) in [6, 6.07) is 0. The number of fused-ring (bicyclic) bond motifs is 5. The van der Waals surface area contributed by atoms with Gasteiger partial charge in [-0.25, -0.2) is 0 Å². The zero-order valence-corrected chi connectivity index (χ0v) is 9.58. The van der Waals surface area contributed by atoms with Crippen molar-refractivity contribution in [3.8, 4) is 0 Å². The van der Waals surface area contributed by atoms with Gasteiger partial charge < -0.3 is 0 Å². The third-order valence-corrected chi connectivity index (χ3v) is 5.64. The Morgan fingerprint density at radius 3 is 2.50 bits per heavy atom. The fraction of sp³-hybridized carbons (Fsp3) is 0.929. The topological polar surface area (TPSA) is 0 Å². The van der Waals surface area contributed by atoms with Crippen LogP contribution < -0.4 is 0 Å². The zero-order valence-electron chi connectivity index (χ0n) is 9.58. The summed E-state index contributed by atoms with van der Waals surface area (Å²) in [4.78, 5) is 0. The van der Waals surface area contributed by atoms with Crippen LogP contribution in [0.1, 0.15) is 46.0 Å². The minimum absolute atomic E-state index is 0.978. The molecule has 0 amide bonds. The quantitative estimate of drug-likeness (QED) is 0.620. The monoisotopic (exact) mass is 191 g/mol. The second-order valence-corrected chi connectivity index (χ2v) is 5.96. The first kappa shape index (κ1) is 9.24. The Bertz CT molecular complexity index is 218. The lowest BCUT2D eigenvalue weighted by Crippen LogP contribution is -2.23. The molecule has 0 aromatic heterocycles. The highest BCUT2D eigenvalue weighted by molar-refractivity contribution is 5.05. The van der Waals surface area contributed by atoms with Gasteiger partial charge in [0.2, 0.25) is 0 Å². The Morgan fingerprint density at radius 1 is 1.00 bits per heavy atom. The predicted octanol–water partition coefficient (Wildman–Crippen LogP) is 3.92. The lowest BCUT2D eigenvalue weighted by molar-refractivity contribution is 0.185. The SMILES string of the molecule is C[CH]C1CC2C3CC(CC)C(C3)C2C1. The molecular formula is C14H23. The summed E-state index contributed by atoms with van der Waals surface area (Å²) in [5, 5.41) is 0. The van der Waals surface area contributed by atoms with Crippen molar-refractivity contribution in [2.75, 3.05) is 0 Å². The highest BCUT2D eigenvalue weighted by atomic mass is 14.6. The van der Waals surface area contributed by atoms with Crippen molar-refractivity contribution < 1.29 is 0 Å². The molecule has 3 aliphatic rings. The van der Waals surface area contributed by atoms with Crippen molar-refractivity contribution in [1.29, 1.82) is 0 Å². The molecule has 0 N–H and O–H groups in total. The van der Waals surface area contributed by atoms with Crippen LogP contribution in [-0.2, 0) is 0 Å².